The van der Waals surface area contributed by atoms with Crippen molar-refractivity contribution in [3.8, 4) is 0 Å². The molecule has 6 N–H and O–H groups in total. The fourth-order valence-corrected chi connectivity index (χ4v) is 3.78. The highest BCUT2D eigenvalue weighted by molar-refractivity contribution is 9.10. The maximum Gasteiger partial charge on any atom is 0.239 e. The molecule has 2 rings (SSSR count). The summed E-state index contributed by atoms with van der Waals surface area (Å²) in [7, 11) is -4.09. The van der Waals surface area contributed by atoms with Crippen LogP contribution in [0.1, 0.15) is 12.5 Å². The maximum absolute atomic E-state index is 11.6. The Morgan fingerprint density at radius 2 is 2.08 bits per heavy atom. The van der Waals surface area contributed by atoms with Gasteiger partial charge in [-0.05, 0) is 35.0 Å². The number of nitrogens with zero attached hydrogens (tertiary/aromatic N) is 2. The standard InChI is InChI=1S/C14H17BrClN5O4S/c1-7(5-22)19-13-10(15)4-18-14(21-13)20-9-2-8(6-23)12(11(16)3-9)26(17,24)25/h2-4,7,22-23H,5-6H2,1H3,(H2,17,24,25)(H2,18,19,20,21)/t7-/m1/s1. The molecule has 1 heterocycles. The van der Waals surface area contributed by atoms with Crippen LogP contribution in [0.5, 0.6) is 0 Å². The summed E-state index contributed by atoms with van der Waals surface area (Å²) in [6.45, 7) is 1.13. The van der Waals surface area contributed by atoms with Crippen LogP contribution in [0.2, 0.25) is 5.02 Å². The number of hydrogen-bond donors (Lipinski definition) is 5. The maximum atomic E-state index is 11.6. The molecule has 0 aliphatic heterocycles. The van der Waals surface area contributed by atoms with E-state index in [9.17, 15) is 13.5 Å². The number of nitrogens with two attached hydrogens (primary N) is 1. The largest absolute Gasteiger partial charge is 0.394 e. The molecule has 0 bridgehead atoms. The first kappa shape index (κ1) is 20.8. The number of aromatic nitrogens is 2. The predicted octanol–water partition coefficient (Wildman–Crippen LogP) is 1.57. The van der Waals surface area contributed by atoms with Gasteiger partial charge < -0.3 is 20.8 Å². The second-order valence-electron chi connectivity index (χ2n) is 5.39. The molecule has 0 unspecified atom stereocenters. The molecule has 0 aliphatic rings. The van der Waals surface area contributed by atoms with Crippen LogP contribution in [-0.4, -0.2) is 41.2 Å². The van der Waals surface area contributed by atoms with Crippen LogP contribution in [0.4, 0.5) is 17.5 Å². The highest BCUT2D eigenvalue weighted by Crippen LogP contribution is 2.30. The molecule has 2 aromatic rings. The first-order valence-electron chi connectivity index (χ1n) is 7.28. The van der Waals surface area contributed by atoms with Gasteiger partial charge in [-0.3, -0.25) is 0 Å². The lowest BCUT2D eigenvalue weighted by atomic mass is 10.2. The molecule has 0 spiro atoms. The van der Waals surface area contributed by atoms with Crippen LogP contribution < -0.4 is 15.8 Å². The number of sulfonamides is 1. The lowest BCUT2D eigenvalue weighted by Crippen LogP contribution is -2.20. The van der Waals surface area contributed by atoms with Gasteiger partial charge in [0.25, 0.3) is 0 Å². The third kappa shape index (κ3) is 5.02. The molecule has 0 radical (unpaired) electrons. The van der Waals surface area contributed by atoms with Gasteiger partial charge in [0.05, 0.1) is 22.7 Å². The predicted molar refractivity (Wildman–Crippen MR) is 102 cm³/mol. The van der Waals surface area contributed by atoms with Crippen molar-refractivity contribution in [1.29, 1.82) is 0 Å². The molecule has 26 heavy (non-hydrogen) atoms. The van der Waals surface area contributed by atoms with Gasteiger partial charge in [-0.2, -0.15) is 4.98 Å². The number of primary sulfonamides is 1. The Labute approximate surface area is 163 Å². The SMILES string of the molecule is C[C@H](CO)Nc1nc(Nc2cc(Cl)c(S(N)(=O)=O)c(CO)c2)ncc1Br. The lowest BCUT2D eigenvalue weighted by Gasteiger charge is -2.15. The summed E-state index contributed by atoms with van der Waals surface area (Å²) in [5.41, 5.74) is 0.418. The van der Waals surface area contributed by atoms with E-state index in [1.807, 2.05) is 0 Å². The minimum Gasteiger partial charge on any atom is -0.394 e. The topological polar surface area (TPSA) is 150 Å². The van der Waals surface area contributed by atoms with Gasteiger partial charge in [-0.25, -0.2) is 18.5 Å². The zero-order valence-corrected chi connectivity index (χ0v) is 16.7. The van der Waals surface area contributed by atoms with Crippen molar-refractivity contribution in [3.63, 3.8) is 0 Å². The Balaban J connectivity index is 2.37. The fourth-order valence-electron chi connectivity index (χ4n) is 2.10. The number of halogens is 2. The Hall–Kier alpha value is -1.50. The first-order chi connectivity index (χ1) is 12.2. The van der Waals surface area contributed by atoms with E-state index < -0.39 is 16.6 Å². The van der Waals surface area contributed by atoms with Crippen molar-refractivity contribution in [2.75, 3.05) is 17.2 Å². The highest BCUT2D eigenvalue weighted by atomic mass is 79.9. The van der Waals surface area contributed by atoms with Crippen LogP contribution in [0.15, 0.2) is 27.7 Å². The van der Waals surface area contributed by atoms with Gasteiger partial charge in [0, 0.05) is 23.5 Å². The molecule has 0 saturated heterocycles. The van der Waals surface area contributed by atoms with Crippen molar-refractivity contribution in [3.05, 3.63) is 33.4 Å². The number of aliphatic hydroxyl groups excluding tert-OH is 2. The molecule has 0 fully saturated rings. The molecule has 1 atom stereocenters. The summed E-state index contributed by atoms with van der Waals surface area (Å²) in [6, 6.07) is 2.51. The first-order valence-corrected chi connectivity index (χ1v) is 10.0. The third-order valence-corrected chi connectivity index (χ3v) is 5.27. The molecule has 142 valence electrons. The Morgan fingerprint density at radius 3 is 2.65 bits per heavy atom. The van der Waals surface area contributed by atoms with Crippen LogP contribution in [0.25, 0.3) is 0 Å². The molecule has 12 heteroatoms. The van der Waals surface area contributed by atoms with Gasteiger partial charge in [0.15, 0.2) is 0 Å². The van der Waals surface area contributed by atoms with Crippen LogP contribution in [-0.2, 0) is 16.6 Å². The van der Waals surface area contributed by atoms with Gasteiger partial charge in [-0.15, -0.1) is 0 Å². The van der Waals surface area contributed by atoms with E-state index >= 15 is 0 Å². The number of nitrogens with one attached hydrogen (secondary N) is 2. The zero-order chi connectivity index (χ0) is 19.5. The molecular formula is C14H17BrClN5O4S. The summed E-state index contributed by atoms with van der Waals surface area (Å²) in [6.07, 6.45) is 1.51. The minimum atomic E-state index is -4.09. The second kappa shape index (κ2) is 8.46. The number of rotatable bonds is 7. The zero-order valence-electron chi connectivity index (χ0n) is 13.6. The van der Waals surface area contributed by atoms with E-state index in [-0.39, 0.29) is 34.1 Å². The smallest absolute Gasteiger partial charge is 0.239 e. The third-order valence-electron chi connectivity index (χ3n) is 3.23. The molecule has 0 saturated carbocycles. The van der Waals surface area contributed by atoms with Crippen molar-refractivity contribution >= 4 is 55.0 Å². The number of hydrogen-bond acceptors (Lipinski definition) is 8. The van der Waals surface area contributed by atoms with Crippen molar-refractivity contribution < 1.29 is 18.6 Å². The average Bonchev–Trinajstić information content (AvgIpc) is 2.55. The Bertz CT molecular complexity index is 912. The summed E-state index contributed by atoms with van der Waals surface area (Å²) in [4.78, 5) is 8.05. The fraction of sp³-hybridized carbons (Fsp3) is 0.286. The van der Waals surface area contributed by atoms with E-state index in [2.05, 4.69) is 36.5 Å². The van der Waals surface area contributed by atoms with Crippen molar-refractivity contribution in [2.45, 2.75) is 24.5 Å². The minimum absolute atomic E-state index is 0.0480. The molecule has 0 amide bonds. The molecule has 1 aromatic carbocycles. The summed E-state index contributed by atoms with van der Waals surface area (Å²) in [5.74, 6) is 0.655. The number of benzene rings is 1. The van der Waals surface area contributed by atoms with Crippen LogP contribution in [0.3, 0.4) is 0 Å². The van der Waals surface area contributed by atoms with E-state index in [1.165, 1.54) is 18.3 Å². The monoisotopic (exact) mass is 465 g/mol. The second-order valence-corrected chi connectivity index (χ2v) is 8.15. The van der Waals surface area contributed by atoms with Crippen LogP contribution in [0, 0.1) is 0 Å². The molecule has 0 aliphatic carbocycles. The van der Waals surface area contributed by atoms with Gasteiger partial charge in [0.1, 0.15) is 10.7 Å². The van der Waals surface area contributed by atoms with E-state index in [0.29, 0.717) is 16.0 Å². The highest BCUT2D eigenvalue weighted by Gasteiger charge is 2.19. The number of aliphatic hydroxyl groups is 2. The molecule has 1 aromatic heterocycles. The summed E-state index contributed by atoms with van der Waals surface area (Å²) < 4.78 is 23.8. The summed E-state index contributed by atoms with van der Waals surface area (Å²) >= 11 is 9.32. The van der Waals surface area contributed by atoms with Gasteiger partial charge >= 0.3 is 0 Å². The van der Waals surface area contributed by atoms with E-state index in [0.717, 1.165) is 0 Å². The Kier molecular flexibility index (Phi) is 6.77. The van der Waals surface area contributed by atoms with Crippen LogP contribution >= 0.6 is 27.5 Å². The normalized spacial score (nSPS) is 12.7. The Morgan fingerprint density at radius 1 is 1.38 bits per heavy atom. The van der Waals surface area contributed by atoms with E-state index in [4.69, 9.17) is 21.8 Å². The van der Waals surface area contributed by atoms with E-state index in [1.54, 1.807) is 6.92 Å². The van der Waals surface area contributed by atoms with Gasteiger partial charge in [0.2, 0.25) is 16.0 Å². The van der Waals surface area contributed by atoms with Crippen molar-refractivity contribution in [1.82, 2.24) is 9.97 Å². The summed E-state index contributed by atoms with van der Waals surface area (Å²) in [5, 5.41) is 29.4. The molecule has 9 nitrogen and oxygen atoms in total. The average molecular weight is 467 g/mol. The quantitative estimate of drug-likeness (QED) is 0.412. The lowest BCUT2D eigenvalue weighted by molar-refractivity contribution is 0.278. The number of anilines is 3. The van der Waals surface area contributed by atoms with Crippen molar-refractivity contribution in [2.24, 2.45) is 5.14 Å². The van der Waals surface area contributed by atoms with Gasteiger partial charge in [-0.1, -0.05) is 11.6 Å². The molecular weight excluding hydrogens is 450 g/mol.